The minimum Gasteiger partial charge on any atom is -0.349 e. The number of piperidine rings is 1. The van der Waals surface area contributed by atoms with Gasteiger partial charge >= 0.3 is 6.03 Å². The number of amides is 3. The first-order valence-electron chi connectivity index (χ1n) is 10.5. The van der Waals surface area contributed by atoms with Crippen molar-refractivity contribution in [1.82, 2.24) is 15.5 Å². The van der Waals surface area contributed by atoms with Crippen LogP contribution < -0.4 is 10.6 Å². The molecule has 3 aromatic rings. The molecule has 0 atom stereocenters. The number of hydrogen-bond acceptors (Lipinski definition) is 3. The van der Waals surface area contributed by atoms with Crippen LogP contribution in [-0.2, 0) is 6.42 Å². The average molecular weight is 422 g/mol. The van der Waals surface area contributed by atoms with Crippen LogP contribution in [0.25, 0.3) is 10.1 Å². The third kappa shape index (κ3) is 4.65. The Morgan fingerprint density at radius 3 is 2.60 bits per heavy atom. The molecule has 5 nitrogen and oxygen atoms in total. The standard InChI is InChI=1S/C24H27N3O2S/c1-17-6-2-3-7-20(17)23(28)26-19-11-14-27(15-12-19)24(29)25-13-10-18-16-30-22-9-5-4-8-21(18)22/h2-9,16,19H,10-15H2,1H3,(H,25,29)(H,26,28). The van der Waals surface area contributed by atoms with Crippen molar-refractivity contribution >= 4 is 33.4 Å². The smallest absolute Gasteiger partial charge is 0.317 e. The van der Waals surface area contributed by atoms with Crippen LogP contribution in [0.5, 0.6) is 0 Å². The van der Waals surface area contributed by atoms with E-state index in [1.165, 1.54) is 15.6 Å². The molecule has 0 radical (unpaired) electrons. The zero-order valence-corrected chi connectivity index (χ0v) is 18.0. The van der Waals surface area contributed by atoms with E-state index in [0.717, 1.165) is 30.4 Å². The highest BCUT2D eigenvalue weighted by atomic mass is 32.1. The lowest BCUT2D eigenvalue weighted by Crippen LogP contribution is -2.49. The van der Waals surface area contributed by atoms with E-state index in [0.29, 0.717) is 19.6 Å². The molecule has 2 N–H and O–H groups in total. The van der Waals surface area contributed by atoms with Crippen LogP contribution in [0.3, 0.4) is 0 Å². The predicted molar refractivity (Wildman–Crippen MR) is 122 cm³/mol. The topological polar surface area (TPSA) is 61.4 Å². The van der Waals surface area contributed by atoms with Gasteiger partial charge in [0.1, 0.15) is 0 Å². The van der Waals surface area contributed by atoms with Crippen LogP contribution in [0.15, 0.2) is 53.9 Å². The number of hydrogen-bond donors (Lipinski definition) is 2. The summed E-state index contributed by atoms with van der Waals surface area (Å²) in [7, 11) is 0. The maximum absolute atomic E-state index is 12.5. The highest BCUT2D eigenvalue weighted by Gasteiger charge is 2.24. The van der Waals surface area contributed by atoms with Gasteiger partial charge in [0.2, 0.25) is 0 Å². The number of rotatable bonds is 5. The van der Waals surface area contributed by atoms with E-state index in [2.05, 4.69) is 40.3 Å². The number of thiophene rings is 1. The molecule has 0 spiro atoms. The summed E-state index contributed by atoms with van der Waals surface area (Å²) in [6, 6.07) is 16.1. The minimum absolute atomic E-state index is 0.0155. The molecule has 4 rings (SSSR count). The van der Waals surface area contributed by atoms with E-state index >= 15 is 0 Å². The van der Waals surface area contributed by atoms with E-state index in [4.69, 9.17) is 0 Å². The third-order valence-corrected chi connectivity index (χ3v) is 6.75. The highest BCUT2D eigenvalue weighted by molar-refractivity contribution is 7.17. The van der Waals surface area contributed by atoms with Gasteiger partial charge in [0.15, 0.2) is 0 Å². The molecule has 0 bridgehead atoms. The summed E-state index contributed by atoms with van der Waals surface area (Å²) < 4.78 is 1.29. The first-order valence-corrected chi connectivity index (χ1v) is 11.3. The molecule has 1 aromatic heterocycles. The number of carbonyl (C=O) groups excluding carboxylic acids is 2. The quantitative estimate of drug-likeness (QED) is 0.643. The molecule has 30 heavy (non-hydrogen) atoms. The van der Waals surface area contributed by atoms with Crippen LogP contribution in [0, 0.1) is 6.92 Å². The monoisotopic (exact) mass is 421 g/mol. The molecule has 0 unspecified atom stereocenters. The van der Waals surface area contributed by atoms with Gasteiger partial charge in [-0.25, -0.2) is 4.79 Å². The Balaban J connectivity index is 1.21. The number of aryl methyl sites for hydroxylation is 1. The Morgan fingerprint density at radius 2 is 1.80 bits per heavy atom. The maximum Gasteiger partial charge on any atom is 0.317 e. The summed E-state index contributed by atoms with van der Waals surface area (Å²) in [5, 5.41) is 9.63. The van der Waals surface area contributed by atoms with E-state index in [9.17, 15) is 9.59 Å². The Morgan fingerprint density at radius 1 is 1.07 bits per heavy atom. The molecule has 0 aliphatic carbocycles. The number of nitrogens with one attached hydrogen (secondary N) is 2. The van der Waals surface area contributed by atoms with Gasteiger partial charge in [0.25, 0.3) is 5.91 Å². The zero-order valence-electron chi connectivity index (χ0n) is 17.2. The number of carbonyl (C=O) groups is 2. The van der Waals surface area contributed by atoms with Gasteiger partial charge in [-0.3, -0.25) is 4.79 Å². The molecule has 1 aliphatic heterocycles. The fourth-order valence-electron chi connectivity index (χ4n) is 3.96. The van der Waals surface area contributed by atoms with Crippen LogP contribution in [-0.4, -0.2) is 42.5 Å². The van der Waals surface area contributed by atoms with Crippen molar-refractivity contribution in [1.29, 1.82) is 0 Å². The second kappa shape index (κ2) is 9.30. The van der Waals surface area contributed by atoms with Crippen LogP contribution in [0.1, 0.15) is 34.3 Å². The maximum atomic E-state index is 12.5. The van der Waals surface area contributed by atoms with Gasteiger partial charge < -0.3 is 15.5 Å². The number of fused-ring (bicyclic) bond motifs is 1. The number of nitrogens with zero attached hydrogens (tertiary/aromatic N) is 1. The summed E-state index contributed by atoms with van der Waals surface area (Å²) in [5.74, 6) is -0.0287. The van der Waals surface area contributed by atoms with Crippen molar-refractivity contribution in [2.24, 2.45) is 0 Å². The van der Waals surface area contributed by atoms with E-state index in [-0.39, 0.29) is 18.0 Å². The van der Waals surface area contributed by atoms with Gasteiger partial charge in [-0.2, -0.15) is 0 Å². The molecule has 156 valence electrons. The summed E-state index contributed by atoms with van der Waals surface area (Å²) in [4.78, 5) is 26.9. The Kier molecular flexibility index (Phi) is 6.33. The first kappa shape index (κ1) is 20.4. The fourth-order valence-corrected chi connectivity index (χ4v) is 4.96. The first-order chi connectivity index (χ1) is 14.6. The summed E-state index contributed by atoms with van der Waals surface area (Å²) in [6.07, 6.45) is 2.39. The van der Waals surface area contributed by atoms with Gasteiger partial charge in [0.05, 0.1) is 0 Å². The highest BCUT2D eigenvalue weighted by Crippen LogP contribution is 2.25. The Labute approximate surface area is 181 Å². The lowest BCUT2D eigenvalue weighted by atomic mass is 10.0. The van der Waals surface area contributed by atoms with Gasteiger partial charge in [-0.15, -0.1) is 11.3 Å². The minimum atomic E-state index is -0.0287. The van der Waals surface area contributed by atoms with E-state index < -0.39 is 0 Å². The third-order valence-electron chi connectivity index (χ3n) is 5.74. The number of benzene rings is 2. The molecule has 1 fully saturated rings. The summed E-state index contributed by atoms with van der Waals surface area (Å²) >= 11 is 1.75. The van der Waals surface area contributed by atoms with Crippen molar-refractivity contribution in [2.45, 2.75) is 32.2 Å². The predicted octanol–water partition coefficient (Wildman–Crippen LogP) is 4.36. The molecule has 2 aromatic carbocycles. The van der Waals surface area contributed by atoms with Crippen LogP contribution >= 0.6 is 11.3 Å². The second-order valence-electron chi connectivity index (χ2n) is 7.79. The van der Waals surface area contributed by atoms with Crippen molar-refractivity contribution in [3.63, 3.8) is 0 Å². The lowest BCUT2D eigenvalue weighted by molar-refractivity contribution is 0.0917. The van der Waals surface area contributed by atoms with Crippen LogP contribution in [0.2, 0.25) is 0 Å². The fraction of sp³-hybridized carbons (Fsp3) is 0.333. The number of likely N-dealkylation sites (tertiary alicyclic amines) is 1. The zero-order chi connectivity index (χ0) is 20.9. The number of urea groups is 1. The molecule has 3 amide bonds. The second-order valence-corrected chi connectivity index (χ2v) is 8.70. The molecular weight excluding hydrogens is 394 g/mol. The molecule has 1 aliphatic rings. The van der Waals surface area contributed by atoms with Crippen molar-refractivity contribution in [3.05, 3.63) is 70.6 Å². The summed E-state index contributed by atoms with van der Waals surface area (Å²) in [5.41, 5.74) is 2.98. The molecule has 0 saturated carbocycles. The molecule has 2 heterocycles. The molecule has 6 heteroatoms. The van der Waals surface area contributed by atoms with Crippen molar-refractivity contribution in [2.75, 3.05) is 19.6 Å². The van der Waals surface area contributed by atoms with Crippen LogP contribution in [0.4, 0.5) is 4.79 Å². The lowest BCUT2D eigenvalue weighted by Gasteiger charge is -2.32. The van der Waals surface area contributed by atoms with E-state index in [1.807, 2.05) is 36.1 Å². The molecular formula is C24H27N3O2S. The SMILES string of the molecule is Cc1ccccc1C(=O)NC1CCN(C(=O)NCCc2csc3ccccc23)CC1. The normalized spacial score (nSPS) is 14.6. The van der Waals surface area contributed by atoms with Crippen molar-refractivity contribution in [3.8, 4) is 0 Å². The summed E-state index contributed by atoms with van der Waals surface area (Å²) in [6.45, 7) is 3.89. The average Bonchev–Trinajstić information content (AvgIpc) is 3.17. The van der Waals surface area contributed by atoms with E-state index in [1.54, 1.807) is 11.3 Å². The van der Waals surface area contributed by atoms with Gasteiger partial charge in [0, 0.05) is 35.9 Å². The molecule has 1 saturated heterocycles. The Hall–Kier alpha value is -2.86. The Bertz CT molecular complexity index is 1040. The largest absolute Gasteiger partial charge is 0.349 e. The van der Waals surface area contributed by atoms with Gasteiger partial charge in [-0.05, 0) is 60.2 Å². The van der Waals surface area contributed by atoms with Gasteiger partial charge in [-0.1, -0.05) is 36.4 Å². The van der Waals surface area contributed by atoms with Crippen molar-refractivity contribution < 1.29 is 9.59 Å².